The molecule has 5 heteroatoms. The molecule has 0 unspecified atom stereocenters. The second-order valence-corrected chi connectivity index (χ2v) is 4.83. The number of rotatable bonds is 6. The molecule has 1 aliphatic carbocycles. The maximum atomic E-state index is 11.3. The summed E-state index contributed by atoms with van der Waals surface area (Å²) in [5.41, 5.74) is 0. The number of carbonyl (C=O) groups is 2. The van der Waals surface area contributed by atoms with E-state index in [0.717, 1.165) is 6.54 Å². The molecular weight excluding hydrogens is 234 g/mol. The molecule has 0 saturated heterocycles. The van der Waals surface area contributed by atoms with Gasteiger partial charge in [0.2, 0.25) is 0 Å². The van der Waals surface area contributed by atoms with E-state index in [1.807, 2.05) is 4.90 Å². The molecule has 0 amide bonds. The van der Waals surface area contributed by atoms with E-state index in [2.05, 4.69) is 9.47 Å². The van der Waals surface area contributed by atoms with Crippen LogP contribution in [-0.2, 0) is 19.1 Å². The number of carbonyl (C=O) groups excluding carboxylic acids is 2. The second kappa shape index (κ2) is 8.08. The summed E-state index contributed by atoms with van der Waals surface area (Å²) in [6, 6.07) is 0. The number of methoxy groups -OCH3 is 2. The van der Waals surface area contributed by atoms with Crippen molar-refractivity contribution in [2.24, 2.45) is 5.92 Å². The van der Waals surface area contributed by atoms with Gasteiger partial charge >= 0.3 is 11.9 Å². The molecule has 5 nitrogen and oxygen atoms in total. The highest BCUT2D eigenvalue weighted by molar-refractivity contribution is 5.74. The molecule has 0 N–H and O–H groups in total. The van der Waals surface area contributed by atoms with Crippen LogP contribution >= 0.6 is 0 Å². The number of nitrogens with zero attached hydrogens (tertiary/aromatic N) is 1. The van der Waals surface area contributed by atoms with Gasteiger partial charge in [-0.25, -0.2) is 0 Å². The van der Waals surface area contributed by atoms with E-state index >= 15 is 0 Å². The molecular formula is C13H23NO4. The van der Waals surface area contributed by atoms with Crippen molar-refractivity contribution < 1.29 is 19.1 Å². The molecule has 1 aliphatic rings. The summed E-state index contributed by atoms with van der Waals surface area (Å²) in [5, 5.41) is 0. The van der Waals surface area contributed by atoms with E-state index in [4.69, 9.17) is 0 Å². The molecule has 0 bridgehead atoms. The Morgan fingerprint density at radius 2 is 1.50 bits per heavy atom. The van der Waals surface area contributed by atoms with Crippen molar-refractivity contribution in [1.29, 1.82) is 0 Å². The third-order valence-electron chi connectivity index (χ3n) is 3.40. The first-order valence-corrected chi connectivity index (χ1v) is 6.51. The van der Waals surface area contributed by atoms with E-state index < -0.39 is 0 Å². The van der Waals surface area contributed by atoms with Crippen LogP contribution in [0.1, 0.15) is 32.1 Å². The van der Waals surface area contributed by atoms with Crippen molar-refractivity contribution >= 4 is 11.9 Å². The van der Waals surface area contributed by atoms with Crippen molar-refractivity contribution in [2.75, 3.05) is 33.9 Å². The largest absolute Gasteiger partial charge is 0.468 e. The molecule has 0 aromatic carbocycles. The van der Waals surface area contributed by atoms with Gasteiger partial charge in [0, 0.05) is 6.54 Å². The summed E-state index contributed by atoms with van der Waals surface area (Å²) in [6.07, 6.45) is 6.14. The lowest BCUT2D eigenvalue weighted by Crippen LogP contribution is -2.39. The van der Waals surface area contributed by atoms with Crippen molar-refractivity contribution in [3.8, 4) is 0 Å². The van der Waals surface area contributed by atoms with E-state index in [1.165, 1.54) is 46.3 Å². The Bertz CT molecular complexity index is 256. The molecule has 0 heterocycles. The highest BCUT2D eigenvalue weighted by Crippen LogP contribution is 2.24. The van der Waals surface area contributed by atoms with Crippen LogP contribution in [0, 0.1) is 5.92 Å². The fourth-order valence-corrected chi connectivity index (χ4v) is 2.41. The number of esters is 2. The third-order valence-corrected chi connectivity index (χ3v) is 3.40. The Kier molecular flexibility index (Phi) is 6.72. The Hall–Kier alpha value is -1.10. The summed E-state index contributed by atoms with van der Waals surface area (Å²) in [4.78, 5) is 24.5. The summed E-state index contributed by atoms with van der Waals surface area (Å²) < 4.78 is 9.30. The number of hydrogen-bond donors (Lipinski definition) is 0. The molecule has 18 heavy (non-hydrogen) atoms. The van der Waals surface area contributed by atoms with Crippen LogP contribution in [-0.4, -0.2) is 50.7 Å². The molecule has 1 fully saturated rings. The van der Waals surface area contributed by atoms with E-state index in [1.54, 1.807) is 0 Å². The van der Waals surface area contributed by atoms with E-state index in [-0.39, 0.29) is 25.0 Å². The quantitative estimate of drug-likeness (QED) is 0.670. The fourth-order valence-electron chi connectivity index (χ4n) is 2.41. The molecule has 0 spiro atoms. The van der Waals surface area contributed by atoms with Crippen molar-refractivity contribution in [2.45, 2.75) is 32.1 Å². The van der Waals surface area contributed by atoms with Gasteiger partial charge in [0.1, 0.15) is 0 Å². The monoisotopic (exact) mass is 257 g/mol. The SMILES string of the molecule is COC(=O)CN(CC(=O)OC)CC1CCCCC1. The van der Waals surface area contributed by atoms with Crippen LogP contribution in [0.2, 0.25) is 0 Å². The minimum atomic E-state index is -0.310. The maximum absolute atomic E-state index is 11.3. The van der Waals surface area contributed by atoms with Gasteiger partial charge in [-0.2, -0.15) is 0 Å². The minimum Gasteiger partial charge on any atom is -0.468 e. The molecule has 0 atom stereocenters. The number of hydrogen-bond acceptors (Lipinski definition) is 5. The topological polar surface area (TPSA) is 55.8 Å². The van der Waals surface area contributed by atoms with Gasteiger partial charge in [0.05, 0.1) is 27.3 Å². The highest BCUT2D eigenvalue weighted by atomic mass is 16.5. The lowest BCUT2D eigenvalue weighted by Gasteiger charge is -2.28. The predicted molar refractivity (Wildman–Crippen MR) is 67.0 cm³/mol. The zero-order chi connectivity index (χ0) is 13.4. The van der Waals surface area contributed by atoms with Gasteiger partial charge in [-0.1, -0.05) is 19.3 Å². The first-order chi connectivity index (χ1) is 8.65. The van der Waals surface area contributed by atoms with Gasteiger partial charge in [0.15, 0.2) is 0 Å². The predicted octanol–water partition coefficient (Wildman–Crippen LogP) is 1.21. The summed E-state index contributed by atoms with van der Waals surface area (Å²) in [7, 11) is 2.72. The lowest BCUT2D eigenvalue weighted by molar-refractivity contribution is -0.145. The van der Waals surface area contributed by atoms with Crippen LogP contribution in [0.3, 0.4) is 0 Å². The second-order valence-electron chi connectivity index (χ2n) is 4.83. The van der Waals surface area contributed by atoms with Gasteiger partial charge in [0.25, 0.3) is 0 Å². The molecule has 1 saturated carbocycles. The molecule has 0 aromatic heterocycles. The molecule has 1 rings (SSSR count). The van der Waals surface area contributed by atoms with Gasteiger partial charge in [-0.3, -0.25) is 14.5 Å². The zero-order valence-electron chi connectivity index (χ0n) is 11.3. The molecule has 0 aromatic rings. The summed E-state index contributed by atoms with van der Waals surface area (Å²) in [5.74, 6) is -0.0440. The van der Waals surface area contributed by atoms with Crippen LogP contribution < -0.4 is 0 Å². The summed E-state index contributed by atoms with van der Waals surface area (Å²) >= 11 is 0. The van der Waals surface area contributed by atoms with E-state index in [9.17, 15) is 9.59 Å². The van der Waals surface area contributed by atoms with Crippen molar-refractivity contribution in [3.05, 3.63) is 0 Å². The van der Waals surface area contributed by atoms with Gasteiger partial charge in [-0.05, 0) is 18.8 Å². The normalized spacial score (nSPS) is 16.6. The van der Waals surface area contributed by atoms with Crippen molar-refractivity contribution in [3.63, 3.8) is 0 Å². The smallest absolute Gasteiger partial charge is 0.319 e. The average molecular weight is 257 g/mol. The number of ether oxygens (including phenoxy) is 2. The van der Waals surface area contributed by atoms with Crippen LogP contribution in [0.5, 0.6) is 0 Å². The average Bonchev–Trinajstić information content (AvgIpc) is 2.39. The zero-order valence-corrected chi connectivity index (χ0v) is 11.3. The maximum Gasteiger partial charge on any atom is 0.319 e. The summed E-state index contributed by atoms with van der Waals surface area (Å²) in [6.45, 7) is 1.08. The first kappa shape index (κ1) is 15.0. The first-order valence-electron chi connectivity index (χ1n) is 6.51. The van der Waals surface area contributed by atoms with Crippen molar-refractivity contribution in [1.82, 2.24) is 4.90 Å². The van der Waals surface area contributed by atoms with Crippen LogP contribution in [0.25, 0.3) is 0 Å². The standard InChI is InChI=1S/C13H23NO4/c1-17-12(15)9-14(10-13(16)18-2)8-11-6-4-3-5-7-11/h11H,3-10H2,1-2H3. The van der Waals surface area contributed by atoms with E-state index in [0.29, 0.717) is 5.92 Å². The Morgan fingerprint density at radius 1 is 1.00 bits per heavy atom. The molecule has 104 valence electrons. The highest BCUT2D eigenvalue weighted by Gasteiger charge is 2.21. The Morgan fingerprint density at radius 3 is 1.94 bits per heavy atom. The van der Waals surface area contributed by atoms with Gasteiger partial charge < -0.3 is 9.47 Å². The van der Waals surface area contributed by atoms with Gasteiger partial charge in [-0.15, -0.1) is 0 Å². The third kappa shape index (κ3) is 5.49. The fraction of sp³-hybridized carbons (Fsp3) is 0.846. The molecule has 0 aliphatic heterocycles. The minimum absolute atomic E-state index is 0.155. The Labute approximate surface area is 108 Å². The van der Waals surface area contributed by atoms with Crippen LogP contribution in [0.4, 0.5) is 0 Å². The lowest BCUT2D eigenvalue weighted by atomic mass is 9.89. The van der Waals surface area contributed by atoms with Crippen LogP contribution in [0.15, 0.2) is 0 Å². The molecule has 0 radical (unpaired) electrons. The Balaban J connectivity index is 2.46.